The van der Waals surface area contributed by atoms with Crippen LogP contribution in [-0.4, -0.2) is 83.9 Å². The summed E-state index contributed by atoms with van der Waals surface area (Å²) in [6.45, 7) is 8.38. The summed E-state index contributed by atoms with van der Waals surface area (Å²) in [5, 5.41) is 15.3. The molecule has 0 aliphatic carbocycles. The Bertz CT molecular complexity index is 3130. The molecule has 0 aliphatic rings. The number of hydrogen-bond donors (Lipinski definition) is 0. The molecular weight excluding hydrogens is 899 g/mol. The first-order valence-corrected chi connectivity index (χ1v) is 21.9. The first kappa shape index (κ1) is 46.4. The molecular formula is C50H50BrN11O4. The van der Waals surface area contributed by atoms with Crippen molar-refractivity contribution >= 4 is 67.0 Å². The molecule has 0 amide bonds. The van der Waals surface area contributed by atoms with Crippen LogP contribution < -0.4 is 9.80 Å². The monoisotopic (exact) mass is 947 g/mol. The number of halogens is 1. The minimum Gasteiger partial charge on any atom is -0.464 e. The zero-order valence-corrected chi connectivity index (χ0v) is 40.1. The second-order valence-corrected chi connectivity index (χ2v) is 17.4. The molecule has 4 heterocycles. The fraction of sp³-hybridized carbons (Fsp3) is 0.240. The van der Waals surface area contributed by atoms with E-state index in [2.05, 4.69) is 64.7 Å². The Kier molecular flexibility index (Phi) is 13.8. The van der Waals surface area contributed by atoms with Gasteiger partial charge in [-0.15, -0.1) is 0 Å². The second-order valence-electron chi connectivity index (χ2n) is 16.5. The van der Waals surface area contributed by atoms with Gasteiger partial charge < -0.3 is 19.3 Å². The van der Waals surface area contributed by atoms with Crippen LogP contribution in [0, 0.1) is 0 Å². The van der Waals surface area contributed by atoms with E-state index in [1.807, 2.05) is 122 Å². The smallest absolute Gasteiger partial charge is 0.356 e. The molecule has 0 saturated heterocycles. The van der Waals surface area contributed by atoms with Gasteiger partial charge in [0.25, 0.3) is 0 Å². The number of methoxy groups -OCH3 is 2. The van der Waals surface area contributed by atoms with Crippen molar-refractivity contribution in [2.75, 3.05) is 52.2 Å². The van der Waals surface area contributed by atoms with Crippen molar-refractivity contribution in [3.8, 4) is 33.6 Å². The molecule has 0 unspecified atom stereocenters. The molecule has 0 spiro atoms. The van der Waals surface area contributed by atoms with Gasteiger partial charge in [-0.25, -0.2) is 28.9 Å². The Balaban J connectivity index is 0.000000197. The van der Waals surface area contributed by atoms with E-state index in [4.69, 9.17) is 30.2 Å². The molecule has 0 aliphatic heterocycles. The number of anilines is 2. The molecule has 4 aromatic heterocycles. The maximum absolute atomic E-state index is 12.5. The topological polar surface area (TPSA) is 169 Å². The van der Waals surface area contributed by atoms with Crippen LogP contribution in [0.2, 0.25) is 0 Å². The standard InChI is InChI=1S/C25H25BrN4O2.C25H25N7O2/c1-15(2)23-22-20(16-9-11-17(26)12-10-16)14-21(25(31)32-5)27-24(22)30(28-23)19-8-6-7-18(13-19)29(3)4;1-15(2)23-22-20(16-9-11-17(12-10-16)28-30-26)14-21(25(33)34-5)27-24(22)32(29-23)19-8-6-7-18(13-19)31(3)4/h6-15H,1-5H3;6-15H,1-5H3. The van der Waals surface area contributed by atoms with Crippen molar-refractivity contribution in [3.63, 3.8) is 0 Å². The van der Waals surface area contributed by atoms with Crippen molar-refractivity contribution in [1.82, 2.24) is 29.5 Å². The lowest BCUT2D eigenvalue weighted by Crippen LogP contribution is -2.10. The zero-order chi connectivity index (χ0) is 47.4. The molecule has 0 radical (unpaired) electrons. The van der Waals surface area contributed by atoms with E-state index in [1.165, 1.54) is 14.2 Å². The number of nitrogens with zero attached hydrogens (tertiary/aromatic N) is 11. The quantitative estimate of drug-likeness (QED) is 0.0526. The molecule has 0 saturated carbocycles. The van der Waals surface area contributed by atoms with E-state index in [0.717, 1.165) is 71.6 Å². The largest absolute Gasteiger partial charge is 0.464 e. The van der Waals surface area contributed by atoms with Gasteiger partial charge in [0.15, 0.2) is 22.7 Å². The van der Waals surface area contributed by atoms with Gasteiger partial charge in [-0.1, -0.05) is 97.3 Å². The molecule has 16 heteroatoms. The highest BCUT2D eigenvalue weighted by Crippen LogP contribution is 2.38. The lowest BCUT2D eigenvalue weighted by atomic mass is 9.97. The second kappa shape index (κ2) is 19.7. The summed E-state index contributed by atoms with van der Waals surface area (Å²) in [6, 6.07) is 34.8. The number of esters is 2. The molecule has 4 aromatic carbocycles. The number of fused-ring (bicyclic) bond motifs is 2. The summed E-state index contributed by atoms with van der Waals surface area (Å²) in [7, 11) is 10.7. The Hall–Kier alpha value is -7.55. The first-order valence-electron chi connectivity index (χ1n) is 21.1. The molecule has 66 heavy (non-hydrogen) atoms. The highest BCUT2D eigenvalue weighted by molar-refractivity contribution is 9.10. The maximum Gasteiger partial charge on any atom is 0.356 e. The van der Waals surface area contributed by atoms with Crippen LogP contribution in [0.1, 0.15) is 71.9 Å². The molecule has 0 N–H and O–H groups in total. The van der Waals surface area contributed by atoms with E-state index in [9.17, 15) is 9.59 Å². The maximum atomic E-state index is 12.5. The molecule has 336 valence electrons. The Morgan fingerprint density at radius 2 is 1.05 bits per heavy atom. The number of hydrogen-bond acceptors (Lipinski definition) is 11. The Morgan fingerprint density at radius 1 is 0.636 bits per heavy atom. The number of pyridine rings is 2. The van der Waals surface area contributed by atoms with Gasteiger partial charge in [0.05, 0.1) is 47.8 Å². The summed E-state index contributed by atoms with van der Waals surface area (Å²) in [4.78, 5) is 41.3. The summed E-state index contributed by atoms with van der Waals surface area (Å²) in [5.41, 5.74) is 20.0. The minimum atomic E-state index is -0.533. The highest BCUT2D eigenvalue weighted by atomic mass is 79.9. The van der Waals surface area contributed by atoms with Gasteiger partial charge in [0.2, 0.25) is 0 Å². The fourth-order valence-corrected chi connectivity index (χ4v) is 7.79. The summed E-state index contributed by atoms with van der Waals surface area (Å²) in [5.74, 6) is -0.746. The number of azide groups is 1. The minimum absolute atomic E-state index is 0.104. The third kappa shape index (κ3) is 9.46. The van der Waals surface area contributed by atoms with Crippen LogP contribution in [0.15, 0.2) is 119 Å². The number of carbonyl (C=O) groups is 2. The van der Waals surface area contributed by atoms with E-state index in [0.29, 0.717) is 17.0 Å². The van der Waals surface area contributed by atoms with Crippen molar-refractivity contribution < 1.29 is 19.1 Å². The normalized spacial score (nSPS) is 11.0. The van der Waals surface area contributed by atoms with Crippen LogP contribution >= 0.6 is 15.9 Å². The van der Waals surface area contributed by atoms with E-state index in [1.54, 1.807) is 28.9 Å². The molecule has 15 nitrogen and oxygen atoms in total. The van der Waals surface area contributed by atoms with Crippen LogP contribution in [0.25, 0.3) is 66.1 Å². The third-order valence-corrected chi connectivity index (χ3v) is 11.4. The number of rotatable bonds is 11. The van der Waals surface area contributed by atoms with E-state index in [-0.39, 0.29) is 23.2 Å². The predicted octanol–water partition coefficient (Wildman–Crippen LogP) is 11.8. The SMILES string of the molecule is COC(=O)c1cc(-c2ccc(Br)cc2)c2c(C(C)C)nn(-c3cccc(N(C)C)c3)c2n1.COC(=O)c1cc(-c2ccc(N=[N+]=[N-])cc2)c2c(C(C)C)nn(-c3cccc(N(C)C)c3)c2n1. The lowest BCUT2D eigenvalue weighted by molar-refractivity contribution is 0.0586. The predicted molar refractivity (Wildman–Crippen MR) is 265 cm³/mol. The molecule has 8 aromatic rings. The molecule has 8 rings (SSSR count). The Labute approximate surface area is 391 Å². The molecule has 0 fully saturated rings. The van der Waals surface area contributed by atoms with Crippen LogP contribution in [-0.2, 0) is 9.47 Å². The number of ether oxygens (including phenoxy) is 2. The van der Waals surface area contributed by atoms with E-state index >= 15 is 0 Å². The van der Waals surface area contributed by atoms with Crippen LogP contribution in [0.3, 0.4) is 0 Å². The average Bonchev–Trinajstić information content (AvgIpc) is 3.92. The van der Waals surface area contributed by atoms with Gasteiger partial charge in [0.1, 0.15) is 0 Å². The van der Waals surface area contributed by atoms with Gasteiger partial charge in [-0.2, -0.15) is 10.2 Å². The number of carbonyl (C=O) groups excluding carboxylic acids is 2. The fourth-order valence-electron chi connectivity index (χ4n) is 7.52. The number of aromatic nitrogens is 6. The highest BCUT2D eigenvalue weighted by Gasteiger charge is 2.25. The third-order valence-electron chi connectivity index (χ3n) is 10.9. The van der Waals surface area contributed by atoms with Gasteiger partial charge in [0, 0.05) is 54.6 Å². The van der Waals surface area contributed by atoms with E-state index < -0.39 is 11.9 Å². The zero-order valence-electron chi connectivity index (χ0n) is 38.5. The van der Waals surface area contributed by atoms with Crippen LogP contribution in [0.4, 0.5) is 17.1 Å². The lowest BCUT2D eigenvalue weighted by Gasteiger charge is -2.14. The summed E-state index contributed by atoms with van der Waals surface area (Å²) >= 11 is 3.50. The van der Waals surface area contributed by atoms with Crippen molar-refractivity contribution in [1.29, 1.82) is 0 Å². The first-order chi connectivity index (χ1) is 31.6. The van der Waals surface area contributed by atoms with Crippen molar-refractivity contribution in [3.05, 3.63) is 147 Å². The molecule has 0 atom stereocenters. The average molecular weight is 949 g/mol. The Morgan fingerprint density at radius 3 is 1.41 bits per heavy atom. The summed E-state index contributed by atoms with van der Waals surface area (Å²) in [6.07, 6.45) is 0. The van der Waals surface area contributed by atoms with Gasteiger partial charge >= 0.3 is 11.9 Å². The number of benzene rings is 4. The van der Waals surface area contributed by atoms with Crippen LogP contribution in [0.5, 0.6) is 0 Å². The van der Waals surface area contributed by atoms with Crippen molar-refractivity contribution in [2.45, 2.75) is 39.5 Å². The molecule has 0 bridgehead atoms. The summed E-state index contributed by atoms with van der Waals surface area (Å²) < 4.78 is 14.6. The van der Waals surface area contributed by atoms with Gasteiger partial charge in [-0.3, -0.25) is 0 Å². The van der Waals surface area contributed by atoms with Crippen molar-refractivity contribution in [2.24, 2.45) is 5.11 Å². The van der Waals surface area contributed by atoms with Gasteiger partial charge in [-0.05, 0) is 100 Å².